The van der Waals surface area contributed by atoms with Crippen molar-refractivity contribution in [2.75, 3.05) is 37.5 Å². The molecule has 15 nitrogen and oxygen atoms in total. The van der Waals surface area contributed by atoms with Crippen LogP contribution in [-0.2, 0) is 35.1 Å². The van der Waals surface area contributed by atoms with Crippen LogP contribution in [0.25, 0.3) is 11.1 Å². The second-order valence-electron chi connectivity index (χ2n) is 18.4. The molecule has 0 radical (unpaired) electrons. The van der Waals surface area contributed by atoms with Gasteiger partial charge in [0.25, 0.3) is 0 Å². The average molecular weight is 914 g/mol. The van der Waals surface area contributed by atoms with Gasteiger partial charge in [0.2, 0.25) is 17.7 Å². The molecular formula is C52H63N7O8. The van der Waals surface area contributed by atoms with Crippen molar-refractivity contribution in [1.82, 2.24) is 25.4 Å². The van der Waals surface area contributed by atoms with Gasteiger partial charge in [0.1, 0.15) is 18.1 Å². The minimum absolute atomic E-state index is 0.00712. The molecular weight excluding hydrogens is 851 g/mol. The number of alkyl carbamates (subject to hydrolysis) is 2. The highest BCUT2D eigenvalue weighted by Crippen LogP contribution is 2.47. The molecule has 2 unspecified atom stereocenters. The Labute approximate surface area is 393 Å². The summed E-state index contributed by atoms with van der Waals surface area (Å²) in [5, 5.41) is 8.32. The molecule has 3 aliphatic rings. The summed E-state index contributed by atoms with van der Waals surface area (Å²) in [5.41, 5.74) is 6.82. The number of anilines is 2. The highest BCUT2D eigenvalue weighted by molar-refractivity contribution is 5.99. The smallest absolute Gasteiger partial charge is 0.407 e. The lowest BCUT2D eigenvalue weighted by atomic mass is 9.97. The van der Waals surface area contributed by atoms with Gasteiger partial charge in [-0.15, -0.1) is 0 Å². The third kappa shape index (κ3) is 11.1. The van der Waals surface area contributed by atoms with E-state index in [1.165, 1.54) is 14.2 Å². The summed E-state index contributed by atoms with van der Waals surface area (Å²) in [7, 11) is 2.51. The number of carbonyl (C=O) groups excluding carboxylic acids is 6. The molecule has 5 amide bonds. The Morgan fingerprint density at radius 3 is 1.67 bits per heavy atom. The number of methoxy groups -OCH3 is 2. The number of nitrogens with zero attached hydrogens (tertiary/aromatic N) is 4. The second kappa shape index (κ2) is 21.7. The number of benzene rings is 3. The Kier molecular flexibility index (Phi) is 15.6. The molecule has 3 N–H and O–H groups in total. The molecule has 3 aliphatic heterocycles. The van der Waals surface area contributed by atoms with Crippen LogP contribution in [0.15, 0.2) is 97.3 Å². The van der Waals surface area contributed by atoms with Crippen LogP contribution in [0.5, 0.6) is 0 Å². The number of ether oxygens (including phenoxy) is 2. The number of likely N-dealkylation sites (tertiary alicyclic amines) is 2. The van der Waals surface area contributed by atoms with Crippen LogP contribution >= 0.6 is 0 Å². The second-order valence-corrected chi connectivity index (χ2v) is 18.4. The molecule has 1 aromatic heterocycles. The fourth-order valence-electron chi connectivity index (χ4n) is 9.80. The van der Waals surface area contributed by atoms with Crippen molar-refractivity contribution < 1.29 is 38.2 Å². The lowest BCUT2D eigenvalue weighted by Crippen LogP contribution is -2.54. The van der Waals surface area contributed by atoms with Crippen molar-refractivity contribution in [2.45, 2.75) is 109 Å². The first-order valence-corrected chi connectivity index (χ1v) is 23.4. The number of hydrogen-bond donors (Lipinski definition) is 3. The van der Waals surface area contributed by atoms with Gasteiger partial charge in [0.05, 0.1) is 32.3 Å². The van der Waals surface area contributed by atoms with E-state index in [9.17, 15) is 28.8 Å². The molecule has 4 aromatic rings. The molecule has 4 heterocycles. The molecule has 0 spiro atoms. The summed E-state index contributed by atoms with van der Waals surface area (Å²) in [6.45, 7) is 8.26. The van der Waals surface area contributed by atoms with E-state index in [1.807, 2.05) is 82.4 Å². The van der Waals surface area contributed by atoms with E-state index in [-0.39, 0.29) is 53.8 Å². The molecule has 0 bridgehead atoms. The van der Waals surface area contributed by atoms with Gasteiger partial charge in [-0.05, 0) is 109 Å². The number of pyridine rings is 1. The van der Waals surface area contributed by atoms with Crippen molar-refractivity contribution >= 4 is 47.1 Å². The summed E-state index contributed by atoms with van der Waals surface area (Å²) < 4.78 is 9.51. The van der Waals surface area contributed by atoms with Gasteiger partial charge in [-0.1, -0.05) is 82.3 Å². The standard InChI is InChI=1S/C52H63N7O8/c1-32(2)46(55-51(64)66-5)49(62)57-28-8-11-43(57)45(60)30-34-13-15-36(16-14-34)41-25-26-42(59(41)40-23-19-35(20-24-40)38-10-7-27-53-31-38)37-17-21-39(22-18-37)54-48(61)44-12-9-29-58(44)50(63)47(33(3)4)56-52(65)67-6/h7,10,13-24,27,31-33,41-44,46-47H,8-9,11-12,25-26,28-30H2,1-6H3,(H,54,61)(H,55,64)(H,56,65)/t41?,42?,43-,44-,46-,47-/m0/s1. The number of carbonyl (C=O) groups is 6. The van der Waals surface area contributed by atoms with Crippen LogP contribution in [0.4, 0.5) is 21.0 Å². The highest BCUT2D eigenvalue weighted by atomic mass is 16.5. The number of amides is 5. The van der Waals surface area contributed by atoms with Crippen LogP contribution in [0.2, 0.25) is 0 Å². The van der Waals surface area contributed by atoms with Crippen molar-refractivity contribution in [1.29, 1.82) is 0 Å². The molecule has 354 valence electrons. The summed E-state index contributed by atoms with van der Waals surface area (Å²) >= 11 is 0. The van der Waals surface area contributed by atoms with Crippen molar-refractivity contribution in [3.8, 4) is 11.1 Å². The zero-order valence-corrected chi connectivity index (χ0v) is 39.3. The number of rotatable bonds is 15. The van der Waals surface area contributed by atoms with Crippen molar-refractivity contribution in [2.24, 2.45) is 11.8 Å². The molecule has 7 rings (SSSR count). The molecule has 15 heteroatoms. The van der Waals surface area contributed by atoms with Crippen LogP contribution in [-0.4, -0.2) is 102 Å². The maximum Gasteiger partial charge on any atom is 0.407 e. The van der Waals surface area contributed by atoms with E-state index >= 15 is 0 Å². The number of aromatic nitrogens is 1. The first-order chi connectivity index (χ1) is 32.3. The lowest BCUT2D eigenvalue weighted by molar-refractivity contribution is -0.139. The monoisotopic (exact) mass is 913 g/mol. The van der Waals surface area contributed by atoms with Crippen molar-refractivity contribution in [3.05, 3.63) is 114 Å². The maximum absolute atomic E-state index is 13.8. The Balaban J connectivity index is 1.07. The normalized spacial score (nSPS) is 20.1. The Morgan fingerprint density at radius 1 is 0.642 bits per heavy atom. The van der Waals surface area contributed by atoms with E-state index in [0.717, 1.165) is 46.3 Å². The SMILES string of the molecule is COC(=O)N[C@H](C(=O)N1CCC[C@H]1C(=O)Cc1ccc(C2CCC(c3ccc(NC(=O)[C@@H]4CCCN4C(=O)[C@@H](NC(=O)OC)C(C)C)cc3)N2c2ccc(-c3cccnc3)cc2)cc1)C(C)C. The van der Waals surface area contributed by atoms with Gasteiger partial charge in [0, 0.05) is 43.3 Å². The number of ketones is 1. The van der Waals surface area contributed by atoms with E-state index < -0.39 is 36.4 Å². The van der Waals surface area contributed by atoms with E-state index in [2.05, 4.69) is 62.2 Å². The van der Waals surface area contributed by atoms with E-state index in [1.54, 1.807) is 16.0 Å². The number of Topliss-reactive ketones (excluding diaryl/α,β-unsaturated/α-hetero) is 1. The zero-order valence-electron chi connectivity index (χ0n) is 39.3. The van der Waals surface area contributed by atoms with Crippen LogP contribution < -0.4 is 20.9 Å². The van der Waals surface area contributed by atoms with E-state index in [4.69, 9.17) is 9.47 Å². The quantitative estimate of drug-likeness (QED) is 0.107. The molecule has 3 fully saturated rings. The summed E-state index contributed by atoms with van der Waals surface area (Å²) in [6, 6.07) is 25.8. The molecule has 0 aliphatic carbocycles. The fourth-order valence-corrected chi connectivity index (χ4v) is 9.80. The first kappa shape index (κ1) is 48.2. The van der Waals surface area contributed by atoms with Crippen LogP contribution in [0, 0.1) is 11.8 Å². The third-order valence-electron chi connectivity index (χ3n) is 13.4. The Bertz CT molecular complexity index is 2250. The summed E-state index contributed by atoms with van der Waals surface area (Å²) in [4.78, 5) is 88.8. The van der Waals surface area contributed by atoms with Crippen LogP contribution in [0.3, 0.4) is 0 Å². The Morgan fingerprint density at radius 2 is 1.16 bits per heavy atom. The molecule has 6 atom stereocenters. The fraction of sp³-hybridized carbons (Fsp3) is 0.442. The molecule has 3 aromatic carbocycles. The third-order valence-corrected chi connectivity index (χ3v) is 13.4. The maximum atomic E-state index is 13.8. The van der Waals surface area contributed by atoms with Gasteiger partial charge in [-0.25, -0.2) is 9.59 Å². The predicted molar refractivity (Wildman–Crippen MR) is 255 cm³/mol. The minimum atomic E-state index is -0.818. The highest BCUT2D eigenvalue weighted by Gasteiger charge is 2.41. The van der Waals surface area contributed by atoms with Crippen LogP contribution in [0.1, 0.15) is 95.0 Å². The van der Waals surface area contributed by atoms with Gasteiger partial charge in [-0.2, -0.15) is 0 Å². The summed E-state index contributed by atoms with van der Waals surface area (Å²) in [6.07, 6.45) is 6.63. The first-order valence-electron chi connectivity index (χ1n) is 23.4. The van der Waals surface area contributed by atoms with E-state index in [0.29, 0.717) is 44.5 Å². The molecule has 0 saturated carbocycles. The average Bonchev–Trinajstić information content (AvgIpc) is 4.14. The largest absolute Gasteiger partial charge is 0.453 e. The zero-order chi connectivity index (χ0) is 47.8. The molecule has 67 heavy (non-hydrogen) atoms. The van der Waals surface area contributed by atoms with Gasteiger partial charge < -0.3 is 40.1 Å². The lowest BCUT2D eigenvalue weighted by Gasteiger charge is -2.33. The Hall–Kier alpha value is -6.77. The molecule has 3 saturated heterocycles. The minimum Gasteiger partial charge on any atom is -0.453 e. The number of hydrogen-bond acceptors (Lipinski definition) is 10. The topological polar surface area (TPSA) is 180 Å². The van der Waals surface area contributed by atoms with Crippen molar-refractivity contribution in [3.63, 3.8) is 0 Å². The number of nitrogens with one attached hydrogen (secondary N) is 3. The summed E-state index contributed by atoms with van der Waals surface area (Å²) in [5.74, 6) is -1.28. The van der Waals surface area contributed by atoms with Gasteiger partial charge >= 0.3 is 12.2 Å². The van der Waals surface area contributed by atoms with Gasteiger partial charge in [-0.3, -0.25) is 24.2 Å². The predicted octanol–water partition coefficient (Wildman–Crippen LogP) is 7.62. The van der Waals surface area contributed by atoms with Gasteiger partial charge in [0.15, 0.2) is 5.78 Å².